The number of nitrogens with one attached hydrogen (secondary N) is 1. The molecular formula is C28H28N4O5. The van der Waals surface area contributed by atoms with Gasteiger partial charge in [0.25, 0.3) is 5.89 Å². The van der Waals surface area contributed by atoms with Crippen molar-refractivity contribution in [3.05, 3.63) is 58.9 Å². The Hall–Kier alpha value is -4.19. The molecule has 2 aliphatic rings. The summed E-state index contributed by atoms with van der Waals surface area (Å²) in [5, 5.41) is 16.3. The van der Waals surface area contributed by atoms with E-state index in [1.807, 2.05) is 24.3 Å². The van der Waals surface area contributed by atoms with Crippen LogP contribution in [0, 0.1) is 24.2 Å². The van der Waals surface area contributed by atoms with Crippen molar-refractivity contribution in [3.63, 3.8) is 0 Å². The summed E-state index contributed by atoms with van der Waals surface area (Å²) in [6, 6.07) is 13.2. The van der Waals surface area contributed by atoms with E-state index in [1.165, 1.54) is 0 Å². The van der Waals surface area contributed by atoms with Gasteiger partial charge in [-0.3, -0.25) is 9.59 Å². The number of hydrogen-bond acceptors (Lipinski definition) is 8. The number of rotatable bonds is 8. The number of fused-ring (bicyclic) bond motifs is 2. The normalized spacial score (nSPS) is 19.4. The van der Waals surface area contributed by atoms with Crippen molar-refractivity contribution in [2.24, 2.45) is 5.92 Å². The number of nitriles is 1. The molecule has 1 fully saturated rings. The van der Waals surface area contributed by atoms with Gasteiger partial charge < -0.3 is 19.3 Å². The maximum Gasteiger partial charge on any atom is 0.305 e. The minimum absolute atomic E-state index is 0.0892. The molecule has 9 heteroatoms. The first-order chi connectivity index (χ1) is 17.9. The zero-order valence-electron chi connectivity index (χ0n) is 20.9. The minimum atomic E-state index is -0.320. The van der Waals surface area contributed by atoms with E-state index < -0.39 is 0 Å². The number of amides is 1. The van der Waals surface area contributed by atoms with Crippen molar-refractivity contribution in [1.82, 2.24) is 10.1 Å². The van der Waals surface area contributed by atoms with Crippen LogP contribution < -0.4 is 10.1 Å². The molecule has 0 radical (unpaired) electrons. The molecule has 3 aromatic rings. The molecule has 2 atom stereocenters. The van der Waals surface area contributed by atoms with Crippen LogP contribution in [0.5, 0.6) is 5.75 Å². The monoisotopic (exact) mass is 500 g/mol. The quantitative estimate of drug-likeness (QED) is 0.449. The molecule has 1 aliphatic carbocycles. The number of aryl methyl sites for hydroxylation is 2. The van der Waals surface area contributed by atoms with Crippen molar-refractivity contribution in [1.29, 1.82) is 5.26 Å². The van der Waals surface area contributed by atoms with Crippen LogP contribution in [-0.2, 0) is 26.2 Å². The number of nitrogens with zero attached hydrogens (tertiary/aromatic N) is 3. The summed E-state index contributed by atoms with van der Waals surface area (Å²) in [7, 11) is 0. The van der Waals surface area contributed by atoms with Crippen LogP contribution in [0.4, 0.5) is 5.69 Å². The van der Waals surface area contributed by atoms with Crippen molar-refractivity contribution >= 4 is 17.6 Å². The topological polar surface area (TPSA) is 127 Å². The average molecular weight is 501 g/mol. The van der Waals surface area contributed by atoms with E-state index in [4.69, 9.17) is 14.0 Å². The third-order valence-electron chi connectivity index (χ3n) is 7.12. The highest BCUT2D eigenvalue weighted by molar-refractivity contribution is 5.97. The molecule has 1 saturated carbocycles. The zero-order chi connectivity index (χ0) is 26.0. The molecule has 37 heavy (non-hydrogen) atoms. The fourth-order valence-electron chi connectivity index (χ4n) is 5.15. The van der Waals surface area contributed by atoms with E-state index in [1.54, 1.807) is 26.0 Å². The standard InChI is InChI=1S/C28H28N4O5/c1-3-35-25(33)6-4-5-19-8-7-18(16-29)13-23(19)31-26(34)22-15-28(22)11-12-36-24-10-9-20(14-21(24)28)27-30-17(2)32-37-27/h7-10,13-14,22H,3-6,11-12,15H2,1-2H3,(H,31,34). The molecule has 1 N–H and O–H groups in total. The second-order valence-electron chi connectivity index (χ2n) is 9.50. The van der Waals surface area contributed by atoms with Crippen LogP contribution in [-0.4, -0.2) is 35.2 Å². The van der Waals surface area contributed by atoms with Gasteiger partial charge in [0.05, 0.1) is 24.8 Å². The average Bonchev–Trinajstić information content (AvgIpc) is 3.45. The Kier molecular flexibility index (Phi) is 6.66. The molecule has 1 aromatic heterocycles. The summed E-state index contributed by atoms with van der Waals surface area (Å²) >= 11 is 0. The maximum atomic E-state index is 13.5. The highest BCUT2D eigenvalue weighted by atomic mass is 16.5. The number of anilines is 1. The SMILES string of the molecule is CCOC(=O)CCCc1ccc(C#N)cc1NC(=O)C1CC12CCOc1ccc(-c3nc(C)no3)cc12. The molecule has 5 rings (SSSR count). The molecule has 1 amide bonds. The van der Waals surface area contributed by atoms with Gasteiger partial charge in [0.1, 0.15) is 5.75 Å². The van der Waals surface area contributed by atoms with Crippen molar-refractivity contribution in [2.75, 3.05) is 18.5 Å². The number of ether oxygens (including phenoxy) is 2. The Morgan fingerprint density at radius 3 is 2.89 bits per heavy atom. The fraction of sp³-hybridized carbons (Fsp3) is 0.393. The van der Waals surface area contributed by atoms with Crippen LogP contribution in [0.25, 0.3) is 11.5 Å². The highest BCUT2D eigenvalue weighted by Crippen LogP contribution is 2.61. The van der Waals surface area contributed by atoms with E-state index in [0.29, 0.717) is 61.9 Å². The van der Waals surface area contributed by atoms with E-state index >= 15 is 0 Å². The van der Waals surface area contributed by atoms with Crippen LogP contribution in [0.3, 0.4) is 0 Å². The lowest BCUT2D eigenvalue weighted by Gasteiger charge is -2.27. The molecule has 2 aromatic carbocycles. The molecule has 9 nitrogen and oxygen atoms in total. The third kappa shape index (κ3) is 4.92. The molecule has 1 spiro atoms. The summed E-state index contributed by atoms with van der Waals surface area (Å²) in [4.78, 5) is 29.5. The number of benzene rings is 2. The van der Waals surface area contributed by atoms with Crippen molar-refractivity contribution in [2.45, 2.75) is 51.4 Å². The lowest BCUT2D eigenvalue weighted by atomic mass is 9.86. The fourth-order valence-corrected chi connectivity index (χ4v) is 5.15. The first-order valence-electron chi connectivity index (χ1n) is 12.5. The van der Waals surface area contributed by atoms with E-state index in [9.17, 15) is 14.9 Å². The molecule has 2 unspecified atom stereocenters. The summed E-state index contributed by atoms with van der Waals surface area (Å²) in [6.07, 6.45) is 2.90. The van der Waals surface area contributed by atoms with Gasteiger partial charge in [0.2, 0.25) is 5.91 Å². The van der Waals surface area contributed by atoms with Gasteiger partial charge in [0.15, 0.2) is 5.82 Å². The summed E-state index contributed by atoms with van der Waals surface area (Å²) in [5.74, 6) is 1.20. The number of carbonyl (C=O) groups excluding carboxylic acids is 2. The van der Waals surface area contributed by atoms with Crippen molar-refractivity contribution in [3.8, 4) is 23.3 Å². The first-order valence-corrected chi connectivity index (χ1v) is 12.5. The van der Waals surface area contributed by atoms with Gasteiger partial charge in [-0.2, -0.15) is 10.2 Å². The summed E-state index contributed by atoms with van der Waals surface area (Å²) < 4.78 is 16.2. The lowest BCUT2D eigenvalue weighted by Crippen LogP contribution is -2.27. The number of aromatic nitrogens is 2. The minimum Gasteiger partial charge on any atom is -0.493 e. The molecule has 2 heterocycles. The Labute approximate surface area is 214 Å². The predicted octanol–water partition coefficient (Wildman–Crippen LogP) is 4.48. The van der Waals surface area contributed by atoms with Crippen LogP contribution >= 0.6 is 0 Å². The molecule has 190 valence electrons. The number of esters is 1. The van der Waals surface area contributed by atoms with Gasteiger partial charge >= 0.3 is 5.97 Å². The van der Waals surface area contributed by atoms with Gasteiger partial charge in [0, 0.05) is 34.6 Å². The van der Waals surface area contributed by atoms with Crippen LogP contribution in [0.1, 0.15) is 55.1 Å². The van der Waals surface area contributed by atoms with Gasteiger partial charge in [-0.1, -0.05) is 11.2 Å². The Balaban J connectivity index is 1.34. The van der Waals surface area contributed by atoms with Gasteiger partial charge in [-0.15, -0.1) is 0 Å². The predicted molar refractivity (Wildman–Crippen MR) is 134 cm³/mol. The second-order valence-corrected chi connectivity index (χ2v) is 9.50. The Morgan fingerprint density at radius 1 is 1.27 bits per heavy atom. The molecule has 0 bridgehead atoms. The van der Waals surface area contributed by atoms with Gasteiger partial charge in [-0.05, 0) is 75.4 Å². The Morgan fingerprint density at radius 2 is 2.14 bits per heavy atom. The zero-order valence-corrected chi connectivity index (χ0v) is 20.9. The molecule has 1 aliphatic heterocycles. The van der Waals surface area contributed by atoms with E-state index in [0.717, 1.165) is 28.9 Å². The smallest absolute Gasteiger partial charge is 0.305 e. The van der Waals surface area contributed by atoms with E-state index in [2.05, 4.69) is 21.5 Å². The Bertz CT molecular complexity index is 1390. The second kappa shape index (κ2) is 10.1. The largest absolute Gasteiger partial charge is 0.493 e. The lowest BCUT2D eigenvalue weighted by molar-refractivity contribution is -0.143. The highest BCUT2D eigenvalue weighted by Gasteiger charge is 2.61. The first kappa shape index (κ1) is 24.5. The number of hydrogen-bond donors (Lipinski definition) is 1. The maximum absolute atomic E-state index is 13.5. The molecular weight excluding hydrogens is 472 g/mol. The van der Waals surface area contributed by atoms with Gasteiger partial charge in [-0.25, -0.2) is 0 Å². The summed E-state index contributed by atoms with van der Waals surface area (Å²) in [6.45, 7) is 4.44. The molecule has 0 saturated heterocycles. The van der Waals surface area contributed by atoms with Crippen molar-refractivity contribution < 1.29 is 23.6 Å². The van der Waals surface area contributed by atoms with Crippen LogP contribution in [0.15, 0.2) is 40.9 Å². The van der Waals surface area contributed by atoms with Crippen LogP contribution in [0.2, 0.25) is 0 Å². The summed E-state index contributed by atoms with van der Waals surface area (Å²) in [5.41, 5.74) is 3.41. The third-order valence-corrected chi connectivity index (χ3v) is 7.12. The van der Waals surface area contributed by atoms with E-state index in [-0.39, 0.29) is 23.2 Å². The number of carbonyl (C=O) groups is 2.